The fraction of sp³-hybridized carbons (Fsp3) is 0.500. The number of benzene rings is 1. The maximum Gasteiger partial charge on any atom is 0.0947 e. The summed E-state index contributed by atoms with van der Waals surface area (Å²) in [5.74, 6) is 0.799. The molecular formula is C12H17NO. The molecule has 1 aromatic rings. The Morgan fingerprint density at radius 2 is 2.00 bits per heavy atom. The molecule has 1 atom stereocenters. The van der Waals surface area contributed by atoms with Gasteiger partial charge < -0.3 is 10.5 Å². The normalized spacial score (nSPS) is 18.1. The first kappa shape index (κ1) is 9.69. The molecule has 2 nitrogen and oxygen atoms in total. The summed E-state index contributed by atoms with van der Waals surface area (Å²) < 4.78 is 5.78. The van der Waals surface area contributed by atoms with E-state index in [1.54, 1.807) is 0 Å². The minimum absolute atomic E-state index is 0.0804. The molecule has 1 aliphatic carbocycles. The van der Waals surface area contributed by atoms with E-state index in [4.69, 9.17) is 10.5 Å². The molecule has 0 heterocycles. The number of nitrogens with two attached hydrogens (primary N) is 1. The fourth-order valence-corrected chi connectivity index (χ4v) is 1.50. The van der Waals surface area contributed by atoms with Crippen molar-refractivity contribution in [1.82, 2.24) is 0 Å². The molecule has 76 valence electrons. The summed E-state index contributed by atoms with van der Waals surface area (Å²) in [7, 11) is 0. The van der Waals surface area contributed by atoms with Crippen molar-refractivity contribution in [3.8, 4) is 0 Å². The van der Waals surface area contributed by atoms with E-state index in [1.807, 2.05) is 18.2 Å². The van der Waals surface area contributed by atoms with Crippen molar-refractivity contribution in [3.63, 3.8) is 0 Å². The Labute approximate surface area is 85.1 Å². The van der Waals surface area contributed by atoms with Crippen LogP contribution in [0.25, 0.3) is 0 Å². The average Bonchev–Trinajstić information content (AvgIpc) is 3.04. The van der Waals surface area contributed by atoms with Crippen molar-refractivity contribution < 1.29 is 4.74 Å². The summed E-state index contributed by atoms with van der Waals surface area (Å²) >= 11 is 0. The zero-order chi connectivity index (χ0) is 9.80. The molecule has 0 aliphatic heterocycles. The van der Waals surface area contributed by atoms with Gasteiger partial charge in [0.15, 0.2) is 0 Å². The Hall–Kier alpha value is -0.860. The standard InChI is InChI=1S/C12H17NO/c13-8-12(14-9-10-6-7-10)11-4-2-1-3-5-11/h1-5,10,12H,6-9,13H2. The summed E-state index contributed by atoms with van der Waals surface area (Å²) in [6, 6.07) is 10.2. The van der Waals surface area contributed by atoms with Gasteiger partial charge in [-0.25, -0.2) is 0 Å². The van der Waals surface area contributed by atoms with Gasteiger partial charge in [0.2, 0.25) is 0 Å². The molecule has 2 rings (SSSR count). The Morgan fingerprint density at radius 3 is 2.57 bits per heavy atom. The van der Waals surface area contributed by atoms with E-state index in [9.17, 15) is 0 Å². The van der Waals surface area contributed by atoms with Gasteiger partial charge in [-0.05, 0) is 24.3 Å². The predicted molar refractivity (Wildman–Crippen MR) is 56.9 cm³/mol. The van der Waals surface area contributed by atoms with Crippen molar-refractivity contribution in [2.75, 3.05) is 13.2 Å². The quantitative estimate of drug-likeness (QED) is 0.773. The first-order chi connectivity index (χ1) is 6.90. The molecule has 0 saturated heterocycles. The third-order valence-corrected chi connectivity index (χ3v) is 2.62. The summed E-state index contributed by atoms with van der Waals surface area (Å²) in [6.07, 6.45) is 2.73. The highest BCUT2D eigenvalue weighted by Crippen LogP contribution is 2.30. The molecule has 1 aliphatic rings. The van der Waals surface area contributed by atoms with E-state index >= 15 is 0 Å². The Morgan fingerprint density at radius 1 is 1.29 bits per heavy atom. The smallest absolute Gasteiger partial charge is 0.0947 e. The van der Waals surface area contributed by atoms with Crippen molar-refractivity contribution in [2.24, 2.45) is 11.7 Å². The Balaban J connectivity index is 1.90. The van der Waals surface area contributed by atoms with Crippen LogP contribution in [0.1, 0.15) is 24.5 Å². The van der Waals surface area contributed by atoms with Gasteiger partial charge in [0, 0.05) is 6.54 Å². The monoisotopic (exact) mass is 191 g/mol. The van der Waals surface area contributed by atoms with Crippen molar-refractivity contribution in [1.29, 1.82) is 0 Å². The molecule has 1 unspecified atom stereocenters. The highest BCUT2D eigenvalue weighted by atomic mass is 16.5. The van der Waals surface area contributed by atoms with Crippen LogP contribution < -0.4 is 5.73 Å². The fourth-order valence-electron chi connectivity index (χ4n) is 1.50. The lowest BCUT2D eigenvalue weighted by molar-refractivity contribution is 0.0510. The molecule has 1 saturated carbocycles. The van der Waals surface area contributed by atoms with Crippen molar-refractivity contribution in [3.05, 3.63) is 35.9 Å². The SMILES string of the molecule is NCC(OCC1CC1)c1ccccc1. The summed E-state index contributed by atoms with van der Waals surface area (Å²) in [4.78, 5) is 0. The van der Waals surface area contributed by atoms with E-state index < -0.39 is 0 Å². The lowest BCUT2D eigenvalue weighted by atomic mass is 10.1. The molecule has 0 spiro atoms. The van der Waals surface area contributed by atoms with Gasteiger partial charge in [-0.3, -0.25) is 0 Å². The zero-order valence-corrected chi connectivity index (χ0v) is 8.36. The Kier molecular flexibility index (Phi) is 3.17. The number of hydrogen-bond acceptors (Lipinski definition) is 2. The largest absolute Gasteiger partial charge is 0.372 e. The van der Waals surface area contributed by atoms with E-state index in [1.165, 1.54) is 18.4 Å². The van der Waals surface area contributed by atoms with Gasteiger partial charge in [0.05, 0.1) is 12.7 Å². The number of ether oxygens (including phenoxy) is 1. The maximum atomic E-state index is 5.78. The van der Waals surface area contributed by atoms with Gasteiger partial charge in [0.1, 0.15) is 0 Å². The maximum absolute atomic E-state index is 5.78. The van der Waals surface area contributed by atoms with E-state index in [0.29, 0.717) is 6.54 Å². The van der Waals surface area contributed by atoms with Crippen LogP contribution in [0.15, 0.2) is 30.3 Å². The van der Waals surface area contributed by atoms with Crippen LogP contribution in [0, 0.1) is 5.92 Å². The molecule has 1 fully saturated rings. The molecule has 0 bridgehead atoms. The predicted octanol–water partition coefficient (Wildman–Crippen LogP) is 2.11. The number of rotatable bonds is 5. The summed E-state index contributed by atoms with van der Waals surface area (Å²) in [6.45, 7) is 1.44. The lowest BCUT2D eigenvalue weighted by Gasteiger charge is -2.15. The van der Waals surface area contributed by atoms with Crippen molar-refractivity contribution >= 4 is 0 Å². The van der Waals surface area contributed by atoms with Gasteiger partial charge in [-0.2, -0.15) is 0 Å². The highest BCUT2D eigenvalue weighted by molar-refractivity contribution is 5.17. The summed E-state index contributed by atoms with van der Waals surface area (Å²) in [5, 5.41) is 0. The Bertz CT molecular complexity index is 269. The minimum Gasteiger partial charge on any atom is -0.372 e. The third kappa shape index (κ3) is 2.56. The van der Waals surface area contributed by atoms with Crippen LogP contribution in [0.5, 0.6) is 0 Å². The molecule has 1 aromatic carbocycles. The summed E-state index contributed by atoms with van der Waals surface area (Å²) in [5.41, 5.74) is 6.88. The van der Waals surface area contributed by atoms with Gasteiger partial charge >= 0.3 is 0 Å². The third-order valence-electron chi connectivity index (χ3n) is 2.62. The minimum atomic E-state index is 0.0804. The van der Waals surface area contributed by atoms with E-state index in [2.05, 4.69) is 12.1 Å². The number of hydrogen-bond donors (Lipinski definition) is 1. The molecule has 0 amide bonds. The lowest BCUT2D eigenvalue weighted by Crippen LogP contribution is -2.16. The van der Waals surface area contributed by atoms with Gasteiger partial charge in [-0.15, -0.1) is 0 Å². The first-order valence-electron chi connectivity index (χ1n) is 5.26. The van der Waals surface area contributed by atoms with Gasteiger partial charge in [0.25, 0.3) is 0 Å². The molecular weight excluding hydrogens is 174 g/mol. The van der Waals surface area contributed by atoms with Crippen LogP contribution in [-0.2, 0) is 4.74 Å². The van der Waals surface area contributed by atoms with Crippen LogP contribution >= 0.6 is 0 Å². The van der Waals surface area contributed by atoms with Crippen LogP contribution in [0.4, 0.5) is 0 Å². The molecule has 14 heavy (non-hydrogen) atoms. The van der Waals surface area contributed by atoms with Crippen LogP contribution in [-0.4, -0.2) is 13.2 Å². The second kappa shape index (κ2) is 4.58. The highest BCUT2D eigenvalue weighted by Gasteiger charge is 2.23. The van der Waals surface area contributed by atoms with E-state index in [0.717, 1.165) is 12.5 Å². The van der Waals surface area contributed by atoms with Crippen LogP contribution in [0.3, 0.4) is 0 Å². The second-order valence-corrected chi connectivity index (χ2v) is 3.91. The average molecular weight is 191 g/mol. The molecule has 0 radical (unpaired) electrons. The molecule has 0 aromatic heterocycles. The van der Waals surface area contributed by atoms with E-state index in [-0.39, 0.29) is 6.10 Å². The second-order valence-electron chi connectivity index (χ2n) is 3.91. The zero-order valence-electron chi connectivity index (χ0n) is 8.36. The first-order valence-corrected chi connectivity index (χ1v) is 5.26. The molecule has 2 N–H and O–H groups in total. The van der Waals surface area contributed by atoms with Crippen LogP contribution in [0.2, 0.25) is 0 Å². The molecule has 2 heteroatoms. The van der Waals surface area contributed by atoms with Crippen molar-refractivity contribution in [2.45, 2.75) is 18.9 Å². The topological polar surface area (TPSA) is 35.2 Å². The van der Waals surface area contributed by atoms with Gasteiger partial charge in [-0.1, -0.05) is 30.3 Å².